The van der Waals surface area contributed by atoms with Gasteiger partial charge < -0.3 is 15.1 Å². The predicted octanol–water partition coefficient (Wildman–Crippen LogP) is 1.11. The molecule has 8 heteroatoms. The third kappa shape index (κ3) is 3.10. The Morgan fingerprint density at radius 1 is 1.07 bits per heavy atom. The summed E-state index contributed by atoms with van der Waals surface area (Å²) in [6, 6.07) is 3.89. The number of amides is 1. The molecule has 0 unspecified atom stereocenters. The molecular weight excluding hydrogens is 342 g/mol. The second-order valence-electron chi connectivity index (χ2n) is 7.37. The Morgan fingerprint density at radius 2 is 1.89 bits per heavy atom. The van der Waals surface area contributed by atoms with E-state index < -0.39 is 0 Å². The molecule has 0 radical (unpaired) electrons. The molecule has 5 rings (SSSR count). The number of carbonyl (C=O) groups excluding carboxylic acids is 1. The lowest BCUT2D eigenvalue weighted by Gasteiger charge is -2.35. The smallest absolute Gasteiger partial charge is 0.247 e. The first-order valence-electron chi connectivity index (χ1n) is 9.59. The van der Waals surface area contributed by atoms with Gasteiger partial charge in [0.2, 0.25) is 11.9 Å². The van der Waals surface area contributed by atoms with Gasteiger partial charge in [-0.25, -0.2) is 15.0 Å². The predicted molar refractivity (Wildman–Crippen MR) is 103 cm³/mol. The van der Waals surface area contributed by atoms with Gasteiger partial charge in [0.1, 0.15) is 6.04 Å². The van der Waals surface area contributed by atoms with Crippen molar-refractivity contribution >= 4 is 23.4 Å². The third-order valence-corrected chi connectivity index (χ3v) is 5.62. The van der Waals surface area contributed by atoms with Gasteiger partial charge in [0.25, 0.3) is 0 Å². The van der Waals surface area contributed by atoms with Crippen molar-refractivity contribution in [3.05, 3.63) is 36.3 Å². The minimum atomic E-state index is -0.0378. The maximum atomic E-state index is 12.3. The molecule has 1 amide bonds. The van der Waals surface area contributed by atoms with E-state index in [-0.39, 0.29) is 11.9 Å². The van der Waals surface area contributed by atoms with Crippen LogP contribution in [0.4, 0.5) is 17.5 Å². The summed E-state index contributed by atoms with van der Waals surface area (Å²) >= 11 is 0. The molecule has 3 aliphatic rings. The zero-order valence-electron chi connectivity index (χ0n) is 15.2. The van der Waals surface area contributed by atoms with Crippen LogP contribution < -0.4 is 15.1 Å². The SMILES string of the molecule is O=C1Nc2cc(CN3CCN(c4ncccn4)CC3)cnc2N2CCC[C@@H]12. The highest BCUT2D eigenvalue weighted by Crippen LogP contribution is 2.35. The van der Waals surface area contributed by atoms with E-state index in [2.05, 4.69) is 41.0 Å². The first-order valence-corrected chi connectivity index (χ1v) is 9.59. The summed E-state index contributed by atoms with van der Waals surface area (Å²) in [5.41, 5.74) is 1.99. The Morgan fingerprint density at radius 3 is 2.70 bits per heavy atom. The summed E-state index contributed by atoms with van der Waals surface area (Å²) in [4.78, 5) is 32.4. The van der Waals surface area contributed by atoms with Crippen LogP contribution in [0.5, 0.6) is 0 Å². The molecule has 0 spiro atoms. The van der Waals surface area contributed by atoms with Crippen molar-refractivity contribution in [1.29, 1.82) is 0 Å². The molecule has 2 saturated heterocycles. The van der Waals surface area contributed by atoms with E-state index in [0.29, 0.717) is 0 Å². The number of carbonyl (C=O) groups is 1. The number of fused-ring (bicyclic) bond motifs is 3. The molecular formula is C19H23N7O. The van der Waals surface area contributed by atoms with Crippen LogP contribution in [0.2, 0.25) is 0 Å². The normalized spacial score (nSPS) is 22.4. The largest absolute Gasteiger partial charge is 0.343 e. The maximum absolute atomic E-state index is 12.3. The summed E-state index contributed by atoms with van der Waals surface area (Å²) in [5.74, 6) is 1.83. The first-order chi connectivity index (χ1) is 13.3. The molecule has 1 atom stereocenters. The van der Waals surface area contributed by atoms with Gasteiger partial charge in [-0.15, -0.1) is 0 Å². The zero-order chi connectivity index (χ0) is 18.2. The number of aromatic nitrogens is 3. The van der Waals surface area contributed by atoms with Crippen LogP contribution in [0.3, 0.4) is 0 Å². The molecule has 8 nitrogen and oxygen atoms in total. The lowest BCUT2D eigenvalue weighted by molar-refractivity contribution is -0.117. The molecule has 0 aliphatic carbocycles. The first kappa shape index (κ1) is 16.4. The second kappa shape index (κ2) is 6.77. The highest BCUT2D eigenvalue weighted by molar-refractivity contribution is 6.03. The van der Waals surface area contributed by atoms with Crippen molar-refractivity contribution in [3.8, 4) is 0 Å². The molecule has 1 N–H and O–H groups in total. The molecule has 3 aliphatic heterocycles. The van der Waals surface area contributed by atoms with E-state index in [9.17, 15) is 4.79 Å². The molecule has 2 fully saturated rings. The number of nitrogens with zero attached hydrogens (tertiary/aromatic N) is 6. The minimum Gasteiger partial charge on any atom is -0.343 e. The van der Waals surface area contributed by atoms with Crippen LogP contribution in [0.1, 0.15) is 18.4 Å². The molecule has 0 aromatic carbocycles. The fourth-order valence-corrected chi connectivity index (χ4v) is 4.24. The van der Waals surface area contributed by atoms with Crippen LogP contribution >= 0.6 is 0 Å². The molecule has 2 aromatic rings. The van der Waals surface area contributed by atoms with Gasteiger partial charge in [-0.2, -0.15) is 0 Å². The quantitative estimate of drug-likeness (QED) is 0.873. The topological polar surface area (TPSA) is 77.5 Å². The summed E-state index contributed by atoms with van der Waals surface area (Å²) in [6.45, 7) is 5.49. The summed E-state index contributed by atoms with van der Waals surface area (Å²) in [5, 5.41) is 3.05. The molecule has 5 heterocycles. The maximum Gasteiger partial charge on any atom is 0.247 e. The van der Waals surface area contributed by atoms with E-state index >= 15 is 0 Å². The van der Waals surface area contributed by atoms with E-state index in [1.54, 1.807) is 12.4 Å². The van der Waals surface area contributed by atoms with E-state index in [4.69, 9.17) is 0 Å². The summed E-state index contributed by atoms with van der Waals surface area (Å²) < 4.78 is 0. The molecule has 0 saturated carbocycles. The number of hydrogen-bond acceptors (Lipinski definition) is 7. The number of piperazine rings is 1. The van der Waals surface area contributed by atoms with Gasteiger partial charge in [-0.05, 0) is 30.5 Å². The zero-order valence-corrected chi connectivity index (χ0v) is 15.2. The monoisotopic (exact) mass is 365 g/mol. The van der Waals surface area contributed by atoms with Gasteiger partial charge >= 0.3 is 0 Å². The average Bonchev–Trinajstić information content (AvgIpc) is 3.20. The molecule has 27 heavy (non-hydrogen) atoms. The fourth-order valence-electron chi connectivity index (χ4n) is 4.24. The highest BCUT2D eigenvalue weighted by Gasteiger charge is 2.37. The van der Waals surface area contributed by atoms with Crippen LogP contribution in [-0.4, -0.2) is 64.5 Å². The number of pyridine rings is 1. The van der Waals surface area contributed by atoms with Crippen molar-refractivity contribution in [1.82, 2.24) is 19.9 Å². The standard InChI is InChI=1S/C19H23N7O/c27-18-16-3-1-6-26(16)17-15(23-18)11-14(12-22-17)13-24-7-9-25(10-8-24)19-20-4-2-5-21-19/h2,4-5,11-12,16H,1,3,6-10,13H2,(H,23,27)/t16-/m0/s1. The second-order valence-corrected chi connectivity index (χ2v) is 7.37. The Hall–Kier alpha value is -2.74. The van der Waals surface area contributed by atoms with E-state index in [0.717, 1.165) is 75.1 Å². The molecule has 140 valence electrons. The van der Waals surface area contributed by atoms with Crippen LogP contribution in [0.15, 0.2) is 30.7 Å². The summed E-state index contributed by atoms with van der Waals surface area (Å²) in [7, 11) is 0. The molecule has 2 aromatic heterocycles. The summed E-state index contributed by atoms with van der Waals surface area (Å²) in [6.07, 6.45) is 7.50. The van der Waals surface area contributed by atoms with Gasteiger partial charge in [-0.1, -0.05) is 0 Å². The Labute approximate surface area is 158 Å². The minimum absolute atomic E-state index is 0.0378. The lowest BCUT2D eigenvalue weighted by atomic mass is 10.1. The lowest BCUT2D eigenvalue weighted by Crippen LogP contribution is -2.46. The van der Waals surface area contributed by atoms with Crippen LogP contribution in [-0.2, 0) is 11.3 Å². The Balaban J connectivity index is 1.25. The van der Waals surface area contributed by atoms with Crippen molar-refractivity contribution in [2.24, 2.45) is 0 Å². The van der Waals surface area contributed by atoms with Crippen LogP contribution in [0.25, 0.3) is 0 Å². The van der Waals surface area contributed by atoms with E-state index in [1.165, 1.54) is 0 Å². The van der Waals surface area contributed by atoms with Crippen molar-refractivity contribution in [2.75, 3.05) is 47.8 Å². The van der Waals surface area contributed by atoms with Gasteiger partial charge in [0.15, 0.2) is 5.82 Å². The van der Waals surface area contributed by atoms with Gasteiger partial charge in [0, 0.05) is 57.9 Å². The van der Waals surface area contributed by atoms with Crippen molar-refractivity contribution in [2.45, 2.75) is 25.4 Å². The van der Waals surface area contributed by atoms with Gasteiger partial charge in [0.05, 0.1) is 5.69 Å². The highest BCUT2D eigenvalue weighted by atomic mass is 16.2. The Kier molecular flexibility index (Phi) is 4.12. The van der Waals surface area contributed by atoms with E-state index in [1.807, 2.05) is 12.3 Å². The van der Waals surface area contributed by atoms with Crippen molar-refractivity contribution in [3.63, 3.8) is 0 Å². The van der Waals surface area contributed by atoms with Crippen LogP contribution in [0, 0.1) is 0 Å². The number of anilines is 3. The van der Waals surface area contributed by atoms with Crippen molar-refractivity contribution < 1.29 is 4.79 Å². The average molecular weight is 365 g/mol. The number of hydrogen-bond donors (Lipinski definition) is 1. The third-order valence-electron chi connectivity index (χ3n) is 5.62. The number of nitrogens with one attached hydrogen (secondary N) is 1. The molecule has 0 bridgehead atoms. The van der Waals surface area contributed by atoms with Gasteiger partial charge in [-0.3, -0.25) is 9.69 Å². The Bertz CT molecular complexity index is 835. The number of rotatable bonds is 3. The fraction of sp³-hybridized carbons (Fsp3) is 0.474.